The van der Waals surface area contributed by atoms with Crippen LogP contribution in [0.1, 0.15) is 33.6 Å². The van der Waals surface area contributed by atoms with Crippen LogP contribution in [0.15, 0.2) is 18.2 Å². The van der Waals surface area contributed by atoms with Gasteiger partial charge in [0.15, 0.2) is 5.75 Å². The first-order valence-electron chi connectivity index (χ1n) is 6.65. The van der Waals surface area contributed by atoms with Gasteiger partial charge in [0.1, 0.15) is 6.10 Å². The molecule has 0 bridgehead atoms. The molecule has 1 aromatic carbocycles. The van der Waals surface area contributed by atoms with Crippen LogP contribution in [0.3, 0.4) is 0 Å². The smallest absolute Gasteiger partial charge is 0.311 e. The Morgan fingerprint density at radius 3 is 2.10 bits per heavy atom. The molecule has 21 heavy (non-hydrogen) atoms. The van der Waals surface area contributed by atoms with Gasteiger partial charge in [-0.3, -0.25) is 9.59 Å². The lowest BCUT2D eigenvalue weighted by molar-refractivity contribution is -0.152. The molecular weight excluding hydrogens is 315 g/mol. The Labute approximate surface area is 134 Å². The Morgan fingerprint density at radius 2 is 1.57 bits per heavy atom. The van der Waals surface area contributed by atoms with Gasteiger partial charge in [0, 0.05) is 0 Å². The van der Waals surface area contributed by atoms with Crippen LogP contribution in [0, 0.1) is 5.92 Å². The van der Waals surface area contributed by atoms with Crippen LogP contribution in [0.4, 0.5) is 0 Å². The van der Waals surface area contributed by atoms with Gasteiger partial charge in [-0.1, -0.05) is 43.1 Å². The summed E-state index contributed by atoms with van der Waals surface area (Å²) in [6, 6.07) is 4.77. The predicted octanol–water partition coefficient (Wildman–Crippen LogP) is 4.27. The maximum absolute atomic E-state index is 11.7. The number of hydrogen-bond acceptors (Lipinski definition) is 4. The molecule has 0 aliphatic carbocycles. The normalized spacial score (nSPS) is 12.1. The molecule has 1 atom stereocenters. The van der Waals surface area contributed by atoms with Gasteiger partial charge >= 0.3 is 11.9 Å². The van der Waals surface area contributed by atoms with E-state index in [9.17, 15) is 9.59 Å². The number of carbonyl (C=O) groups is 2. The maximum atomic E-state index is 11.7. The third kappa shape index (κ3) is 5.94. The lowest BCUT2D eigenvalue weighted by Crippen LogP contribution is -2.21. The summed E-state index contributed by atoms with van der Waals surface area (Å²) in [4.78, 5) is 23.3. The molecule has 0 saturated carbocycles. The Morgan fingerprint density at radius 1 is 1.05 bits per heavy atom. The topological polar surface area (TPSA) is 52.6 Å². The average Bonchev–Trinajstić information content (AvgIpc) is 2.40. The Kier molecular flexibility index (Phi) is 6.99. The van der Waals surface area contributed by atoms with E-state index in [1.165, 1.54) is 0 Å². The van der Waals surface area contributed by atoms with Crippen molar-refractivity contribution in [3.8, 4) is 5.75 Å². The molecule has 0 fully saturated rings. The number of halogens is 2. The van der Waals surface area contributed by atoms with Crippen molar-refractivity contribution in [1.29, 1.82) is 0 Å². The molecule has 1 rings (SSSR count). The molecule has 0 aliphatic heterocycles. The number of hydrogen-bond donors (Lipinski definition) is 0. The van der Waals surface area contributed by atoms with Crippen LogP contribution < -0.4 is 4.74 Å². The summed E-state index contributed by atoms with van der Waals surface area (Å²) in [5.74, 6) is -0.685. The molecule has 0 aromatic heterocycles. The van der Waals surface area contributed by atoms with Gasteiger partial charge in [-0.05, 0) is 25.0 Å². The minimum absolute atomic E-state index is 0.0437. The summed E-state index contributed by atoms with van der Waals surface area (Å²) in [6.45, 7) is 5.71. The predicted molar refractivity (Wildman–Crippen MR) is 81.7 cm³/mol. The van der Waals surface area contributed by atoms with Crippen molar-refractivity contribution in [1.82, 2.24) is 0 Å². The van der Waals surface area contributed by atoms with Crippen LogP contribution in [0.5, 0.6) is 5.75 Å². The van der Waals surface area contributed by atoms with Gasteiger partial charge in [0.2, 0.25) is 0 Å². The van der Waals surface area contributed by atoms with Gasteiger partial charge in [-0.2, -0.15) is 0 Å². The van der Waals surface area contributed by atoms with Crippen LogP contribution in [0.25, 0.3) is 0 Å². The quantitative estimate of drug-likeness (QED) is 0.576. The third-order valence-electron chi connectivity index (χ3n) is 2.92. The van der Waals surface area contributed by atoms with E-state index in [1.807, 2.05) is 20.8 Å². The highest BCUT2D eigenvalue weighted by molar-refractivity contribution is 6.37. The number of ether oxygens (including phenoxy) is 2. The molecule has 0 heterocycles. The zero-order valence-electron chi connectivity index (χ0n) is 12.2. The van der Waals surface area contributed by atoms with Gasteiger partial charge in [0.05, 0.1) is 22.9 Å². The van der Waals surface area contributed by atoms with Gasteiger partial charge in [0.25, 0.3) is 0 Å². The van der Waals surface area contributed by atoms with E-state index in [4.69, 9.17) is 32.7 Å². The SMILES string of the molecule is CC(C)C(C)OC(=O)CCC(=O)Oc1c(Cl)cccc1Cl. The molecule has 0 N–H and O–H groups in total. The van der Waals surface area contributed by atoms with E-state index in [0.29, 0.717) is 0 Å². The molecule has 1 unspecified atom stereocenters. The molecule has 0 amide bonds. The van der Waals surface area contributed by atoms with Crippen LogP contribution in [-0.4, -0.2) is 18.0 Å². The summed E-state index contributed by atoms with van der Waals surface area (Å²) < 4.78 is 10.2. The van der Waals surface area contributed by atoms with Gasteiger partial charge in [-0.25, -0.2) is 0 Å². The number of para-hydroxylation sites is 1. The minimum Gasteiger partial charge on any atom is -0.462 e. The van der Waals surface area contributed by atoms with Crippen molar-refractivity contribution >= 4 is 35.1 Å². The lowest BCUT2D eigenvalue weighted by atomic mass is 10.1. The van der Waals surface area contributed by atoms with Gasteiger partial charge < -0.3 is 9.47 Å². The number of rotatable bonds is 6. The van der Waals surface area contributed by atoms with Crippen molar-refractivity contribution in [3.05, 3.63) is 28.2 Å². The van der Waals surface area contributed by atoms with Crippen molar-refractivity contribution in [2.75, 3.05) is 0 Å². The maximum Gasteiger partial charge on any atom is 0.311 e. The lowest BCUT2D eigenvalue weighted by Gasteiger charge is -2.16. The summed E-state index contributed by atoms with van der Waals surface area (Å²) in [5, 5.41) is 0.485. The Hall–Kier alpha value is -1.26. The van der Waals surface area contributed by atoms with Crippen LogP contribution >= 0.6 is 23.2 Å². The fraction of sp³-hybridized carbons (Fsp3) is 0.467. The number of esters is 2. The first kappa shape index (κ1) is 17.8. The highest BCUT2D eigenvalue weighted by atomic mass is 35.5. The molecule has 0 spiro atoms. The first-order valence-corrected chi connectivity index (χ1v) is 7.41. The summed E-state index contributed by atoms with van der Waals surface area (Å²) >= 11 is 11.8. The molecule has 4 nitrogen and oxygen atoms in total. The zero-order chi connectivity index (χ0) is 16.0. The second-order valence-electron chi connectivity index (χ2n) is 4.96. The molecule has 6 heteroatoms. The average molecular weight is 333 g/mol. The first-order chi connectivity index (χ1) is 9.81. The molecule has 116 valence electrons. The fourth-order valence-corrected chi connectivity index (χ4v) is 1.83. The minimum atomic E-state index is -0.584. The van der Waals surface area contributed by atoms with Gasteiger partial charge in [-0.15, -0.1) is 0 Å². The van der Waals surface area contributed by atoms with Crippen molar-refractivity contribution in [2.45, 2.75) is 39.7 Å². The summed E-state index contributed by atoms with van der Waals surface area (Å²) in [5.41, 5.74) is 0. The standard InChI is InChI=1S/C15H18Cl2O4/c1-9(2)10(3)20-13(18)7-8-14(19)21-15-11(16)5-4-6-12(15)17/h4-6,9-10H,7-8H2,1-3H3. The van der Waals surface area contributed by atoms with E-state index in [2.05, 4.69) is 0 Å². The molecular formula is C15H18Cl2O4. The van der Waals surface area contributed by atoms with E-state index >= 15 is 0 Å². The van der Waals surface area contributed by atoms with E-state index in [1.54, 1.807) is 18.2 Å². The third-order valence-corrected chi connectivity index (χ3v) is 3.52. The van der Waals surface area contributed by atoms with Crippen LogP contribution in [0.2, 0.25) is 10.0 Å². The van der Waals surface area contributed by atoms with Crippen molar-refractivity contribution in [3.63, 3.8) is 0 Å². The van der Waals surface area contributed by atoms with Crippen LogP contribution in [-0.2, 0) is 14.3 Å². The molecule has 0 saturated heterocycles. The van der Waals surface area contributed by atoms with E-state index < -0.39 is 11.9 Å². The highest BCUT2D eigenvalue weighted by Crippen LogP contribution is 2.32. The van der Waals surface area contributed by atoms with E-state index in [0.717, 1.165) is 0 Å². The molecule has 1 aromatic rings. The van der Waals surface area contributed by atoms with Crippen molar-refractivity contribution < 1.29 is 19.1 Å². The highest BCUT2D eigenvalue weighted by Gasteiger charge is 2.16. The fourth-order valence-electron chi connectivity index (χ4n) is 1.35. The second-order valence-corrected chi connectivity index (χ2v) is 5.78. The largest absolute Gasteiger partial charge is 0.462 e. The molecule has 0 aliphatic rings. The second kappa shape index (κ2) is 8.25. The van der Waals surface area contributed by atoms with E-state index in [-0.39, 0.29) is 40.7 Å². The molecule has 0 radical (unpaired) electrons. The monoisotopic (exact) mass is 332 g/mol. The summed E-state index contributed by atoms with van der Waals surface area (Å²) in [6.07, 6.45) is -0.324. The summed E-state index contributed by atoms with van der Waals surface area (Å²) in [7, 11) is 0. The van der Waals surface area contributed by atoms with Crippen molar-refractivity contribution in [2.24, 2.45) is 5.92 Å². The Balaban J connectivity index is 2.46. The Bertz CT molecular complexity index is 494. The number of carbonyl (C=O) groups excluding carboxylic acids is 2. The zero-order valence-corrected chi connectivity index (χ0v) is 13.7. The number of benzene rings is 1.